The number of ether oxygens (including phenoxy) is 1. The molecule has 0 heterocycles. The van der Waals surface area contributed by atoms with Crippen LogP contribution in [0, 0.1) is 7.14 Å². The average molecular weight is 438 g/mol. The number of rotatable bonds is 1. The molecule has 84 valence electrons. The van der Waals surface area contributed by atoms with E-state index >= 15 is 0 Å². The molecule has 0 atom stereocenters. The molecule has 0 aliphatic heterocycles. The van der Waals surface area contributed by atoms with Crippen molar-refractivity contribution in [3.05, 3.63) is 61.7 Å². The second-order valence-electron chi connectivity index (χ2n) is 2.95. The number of hydrogen-bond donors (Lipinski definition) is 0. The van der Waals surface area contributed by atoms with Gasteiger partial charge in [-0.2, -0.15) is 0 Å². The topological polar surface area (TPSA) is 9.23 Å². The molecule has 0 saturated heterocycles. The summed E-state index contributed by atoms with van der Waals surface area (Å²) in [7, 11) is 1.67. The van der Waals surface area contributed by atoms with Crippen molar-refractivity contribution < 1.29 is 4.74 Å². The standard InChI is InChI=1S/C7H7IO.C6H5I/c1-9-7-4-2-6(8)3-5-7;7-6-4-2-1-3-5-6/h2-5H,1H3;1-5H. The predicted molar refractivity (Wildman–Crippen MR) is 84.9 cm³/mol. The molecule has 0 amide bonds. The summed E-state index contributed by atoms with van der Waals surface area (Å²) in [4.78, 5) is 0. The van der Waals surface area contributed by atoms with E-state index < -0.39 is 0 Å². The van der Waals surface area contributed by atoms with Crippen molar-refractivity contribution in [2.45, 2.75) is 0 Å². The molecule has 0 fully saturated rings. The Kier molecular flexibility index (Phi) is 6.79. The van der Waals surface area contributed by atoms with Crippen LogP contribution < -0.4 is 4.74 Å². The molecule has 0 radical (unpaired) electrons. The first-order valence-corrected chi connectivity index (χ1v) is 6.88. The van der Waals surface area contributed by atoms with E-state index in [2.05, 4.69) is 57.3 Å². The Morgan fingerprint density at radius 1 is 0.750 bits per heavy atom. The van der Waals surface area contributed by atoms with E-state index in [1.807, 2.05) is 42.5 Å². The van der Waals surface area contributed by atoms with E-state index in [0.29, 0.717) is 0 Å². The summed E-state index contributed by atoms with van der Waals surface area (Å²) in [5, 5.41) is 0. The molecule has 0 aliphatic rings. The molecule has 0 spiro atoms. The first-order chi connectivity index (χ1) is 7.72. The summed E-state index contributed by atoms with van der Waals surface area (Å²) in [5.74, 6) is 0.912. The first kappa shape index (κ1) is 13.8. The van der Waals surface area contributed by atoms with Crippen LogP contribution in [0.25, 0.3) is 0 Å². The quantitative estimate of drug-likeness (QED) is 0.593. The van der Waals surface area contributed by atoms with Crippen molar-refractivity contribution in [1.29, 1.82) is 0 Å². The van der Waals surface area contributed by atoms with E-state index in [1.165, 1.54) is 7.14 Å². The van der Waals surface area contributed by atoms with Crippen LogP contribution in [0.1, 0.15) is 0 Å². The maximum atomic E-state index is 4.97. The number of methoxy groups -OCH3 is 1. The van der Waals surface area contributed by atoms with Crippen molar-refractivity contribution in [2.75, 3.05) is 7.11 Å². The highest BCUT2D eigenvalue weighted by atomic mass is 127. The van der Waals surface area contributed by atoms with Crippen LogP contribution in [-0.2, 0) is 0 Å². The molecule has 0 N–H and O–H groups in total. The minimum atomic E-state index is 0.912. The highest BCUT2D eigenvalue weighted by Crippen LogP contribution is 2.11. The van der Waals surface area contributed by atoms with Gasteiger partial charge < -0.3 is 4.74 Å². The molecule has 1 nitrogen and oxygen atoms in total. The lowest BCUT2D eigenvalue weighted by molar-refractivity contribution is 0.414. The molecule has 0 bridgehead atoms. The molecule has 16 heavy (non-hydrogen) atoms. The minimum absolute atomic E-state index is 0.912. The minimum Gasteiger partial charge on any atom is -0.497 e. The lowest BCUT2D eigenvalue weighted by Gasteiger charge is -1.96. The highest BCUT2D eigenvalue weighted by molar-refractivity contribution is 14.1. The molecule has 0 unspecified atom stereocenters. The van der Waals surface area contributed by atoms with E-state index in [4.69, 9.17) is 4.74 Å². The van der Waals surface area contributed by atoms with Crippen molar-refractivity contribution in [3.8, 4) is 5.75 Å². The van der Waals surface area contributed by atoms with Gasteiger partial charge in [0.2, 0.25) is 0 Å². The zero-order valence-corrected chi connectivity index (χ0v) is 13.2. The van der Waals surface area contributed by atoms with Crippen molar-refractivity contribution >= 4 is 45.2 Å². The van der Waals surface area contributed by atoms with Gasteiger partial charge in [-0.1, -0.05) is 18.2 Å². The lowest BCUT2D eigenvalue weighted by Crippen LogP contribution is -1.80. The summed E-state index contributed by atoms with van der Waals surface area (Å²) in [6, 6.07) is 18.1. The maximum Gasteiger partial charge on any atom is 0.118 e. The van der Waals surface area contributed by atoms with Crippen molar-refractivity contribution in [3.63, 3.8) is 0 Å². The molecule has 2 rings (SSSR count). The van der Waals surface area contributed by atoms with Crippen LogP contribution in [0.4, 0.5) is 0 Å². The summed E-state index contributed by atoms with van der Waals surface area (Å²) >= 11 is 4.54. The van der Waals surface area contributed by atoms with Crippen LogP contribution in [0.15, 0.2) is 54.6 Å². The average Bonchev–Trinajstić information content (AvgIpc) is 2.32. The number of benzene rings is 2. The first-order valence-electron chi connectivity index (χ1n) is 4.72. The third kappa shape index (κ3) is 5.69. The molecule has 0 aromatic heterocycles. The van der Waals surface area contributed by atoms with Gasteiger partial charge in [0.05, 0.1) is 7.11 Å². The molecule has 0 aliphatic carbocycles. The third-order valence-corrected chi connectivity index (χ3v) is 3.22. The van der Waals surface area contributed by atoms with Gasteiger partial charge in [0.25, 0.3) is 0 Å². The van der Waals surface area contributed by atoms with E-state index in [9.17, 15) is 0 Å². The molecular weight excluding hydrogens is 426 g/mol. The SMILES string of the molecule is COc1ccc(I)cc1.Ic1ccccc1. The lowest BCUT2D eigenvalue weighted by atomic mass is 10.3. The zero-order valence-electron chi connectivity index (χ0n) is 8.86. The normalized spacial score (nSPS) is 8.94. The van der Waals surface area contributed by atoms with Gasteiger partial charge in [-0.3, -0.25) is 0 Å². The van der Waals surface area contributed by atoms with Gasteiger partial charge in [-0.25, -0.2) is 0 Å². The Morgan fingerprint density at radius 3 is 1.62 bits per heavy atom. The predicted octanol–water partition coefficient (Wildman–Crippen LogP) is 4.59. The van der Waals surface area contributed by atoms with Crippen LogP contribution in [-0.4, -0.2) is 7.11 Å². The Bertz CT molecular complexity index is 398. The van der Waals surface area contributed by atoms with Gasteiger partial charge in [0, 0.05) is 7.14 Å². The summed E-state index contributed by atoms with van der Waals surface area (Å²) in [6.07, 6.45) is 0. The van der Waals surface area contributed by atoms with Crippen LogP contribution >= 0.6 is 45.2 Å². The van der Waals surface area contributed by atoms with Crippen LogP contribution in [0.2, 0.25) is 0 Å². The molecule has 2 aromatic rings. The second kappa shape index (κ2) is 7.89. The Hall–Kier alpha value is -0.300. The van der Waals surface area contributed by atoms with Gasteiger partial charge >= 0.3 is 0 Å². The zero-order chi connectivity index (χ0) is 11.8. The Balaban J connectivity index is 0.000000165. The fourth-order valence-corrected chi connectivity index (χ4v) is 1.76. The third-order valence-electron chi connectivity index (χ3n) is 1.78. The monoisotopic (exact) mass is 438 g/mol. The van der Waals surface area contributed by atoms with Gasteiger partial charge in [0.15, 0.2) is 0 Å². The summed E-state index contributed by atoms with van der Waals surface area (Å²) in [6.45, 7) is 0. The van der Waals surface area contributed by atoms with Gasteiger partial charge in [-0.05, 0) is 81.6 Å². The molecule has 3 heteroatoms. The van der Waals surface area contributed by atoms with E-state index in [0.717, 1.165) is 5.75 Å². The summed E-state index contributed by atoms with van der Waals surface area (Å²) < 4.78 is 7.49. The maximum absolute atomic E-state index is 4.97. The molecule has 0 saturated carbocycles. The fourth-order valence-electron chi connectivity index (χ4n) is 0.985. The van der Waals surface area contributed by atoms with Crippen LogP contribution in [0.5, 0.6) is 5.75 Å². The number of halogens is 2. The summed E-state index contributed by atoms with van der Waals surface area (Å²) in [5.41, 5.74) is 0. The van der Waals surface area contributed by atoms with Crippen molar-refractivity contribution in [1.82, 2.24) is 0 Å². The Labute approximate surface area is 123 Å². The largest absolute Gasteiger partial charge is 0.497 e. The molecule has 2 aromatic carbocycles. The highest BCUT2D eigenvalue weighted by Gasteiger charge is 1.86. The molecular formula is C13H12I2O. The van der Waals surface area contributed by atoms with Gasteiger partial charge in [-0.15, -0.1) is 0 Å². The van der Waals surface area contributed by atoms with Gasteiger partial charge in [0.1, 0.15) is 5.75 Å². The second-order valence-corrected chi connectivity index (χ2v) is 5.44. The van der Waals surface area contributed by atoms with Crippen molar-refractivity contribution in [2.24, 2.45) is 0 Å². The van der Waals surface area contributed by atoms with E-state index in [1.54, 1.807) is 7.11 Å². The smallest absolute Gasteiger partial charge is 0.118 e. The fraction of sp³-hybridized carbons (Fsp3) is 0.0769. The Morgan fingerprint density at radius 2 is 1.25 bits per heavy atom. The van der Waals surface area contributed by atoms with E-state index in [-0.39, 0.29) is 0 Å². The van der Waals surface area contributed by atoms with Crippen LogP contribution in [0.3, 0.4) is 0 Å². The number of hydrogen-bond acceptors (Lipinski definition) is 1.